The SMILES string of the molecule is CNS(=O)(=O)Cc1ccc(Oc2cc(CCc3ncc(Cl)cn3)cc(N)n2)cc1. The molecule has 0 fully saturated rings. The summed E-state index contributed by atoms with van der Waals surface area (Å²) in [4.78, 5) is 12.5. The van der Waals surface area contributed by atoms with E-state index in [2.05, 4.69) is 19.7 Å². The number of pyridine rings is 1. The fourth-order valence-electron chi connectivity index (χ4n) is 2.57. The molecule has 3 aromatic rings. The summed E-state index contributed by atoms with van der Waals surface area (Å²) in [6.07, 6.45) is 4.40. The Morgan fingerprint density at radius 2 is 1.76 bits per heavy atom. The number of anilines is 1. The molecule has 0 saturated carbocycles. The molecule has 0 radical (unpaired) electrons. The Morgan fingerprint density at radius 3 is 2.41 bits per heavy atom. The Morgan fingerprint density at radius 1 is 1.07 bits per heavy atom. The van der Waals surface area contributed by atoms with Crippen molar-refractivity contribution in [1.82, 2.24) is 19.7 Å². The molecular formula is C19H20ClN5O3S. The van der Waals surface area contributed by atoms with Crippen LogP contribution in [0.4, 0.5) is 5.82 Å². The monoisotopic (exact) mass is 433 g/mol. The van der Waals surface area contributed by atoms with Crippen molar-refractivity contribution in [3.8, 4) is 11.6 Å². The van der Waals surface area contributed by atoms with Crippen LogP contribution in [0, 0.1) is 0 Å². The molecule has 0 amide bonds. The fraction of sp³-hybridized carbons (Fsp3) is 0.211. The molecule has 0 unspecified atom stereocenters. The normalized spacial score (nSPS) is 11.4. The van der Waals surface area contributed by atoms with Crippen LogP contribution in [0.25, 0.3) is 0 Å². The van der Waals surface area contributed by atoms with Gasteiger partial charge in [0.25, 0.3) is 0 Å². The summed E-state index contributed by atoms with van der Waals surface area (Å²) in [6, 6.07) is 10.3. The number of nitrogen functional groups attached to an aromatic ring is 1. The zero-order valence-electron chi connectivity index (χ0n) is 15.7. The fourth-order valence-corrected chi connectivity index (χ4v) is 3.44. The summed E-state index contributed by atoms with van der Waals surface area (Å²) < 4.78 is 31.3. The minimum Gasteiger partial charge on any atom is -0.439 e. The van der Waals surface area contributed by atoms with Crippen LogP contribution in [0.5, 0.6) is 11.6 Å². The van der Waals surface area contributed by atoms with E-state index in [0.29, 0.717) is 46.7 Å². The highest BCUT2D eigenvalue weighted by molar-refractivity contribution is 7.88. The largest absolute Gasteiger partial charge is 0.439 e. The number of nitrogens with one attached hydrogen (secondary N) is 1. The number of hydrogen-bond donors (Lipinski definition) is 2. The maximum Gasteiger partial charge on any atom is 0.221 e. The molecule has 0 spiro atoms. The van der Waals surface area contributed by atoms with Gasteiger partial charge in [-0.3, -0.25) is 0 Å². The molecule has 3 rings (SSSR count). The predicted octanol–water partition coefficient (Wildman–Crippen LogP) is 2.73. The number of nitrogens with zero attached hydrogens (tertiary/aromatic N) is 3. The maximum absolute atomic E-state index is 11.6. The van der Waals surface area contributed by atoms with E-state index in [4.69, 9.17) is 22.1 Å². The lowest BCUT2D eigenvalue weighted by Crippen LogP contribution is -2.20. The highest BCUT2D eigenvalue weighted by Gasteiger charge is 2.09. The van der Waals surface area contributed by atoms with Gasteiger partial charge in [-0.2, -0.15) is 4.98 Å². The lowest BCUT2D eigenvalue weighted by molar-refractivity contribution is 0.463. The van der Waals surface area contributed by atoms with Crippen molar-refractivity contribution < 1.29 is 13.2 Å². The summed E-state index contributed by atoms with van der Waals surface area (Å²) in [7, 11) is -1.94. The van der Waals surface area contributed by atoms with Gasteiger partial charge in [-0.25, -0.2) is 23.1 Å². The van der Waals surface area contributed by atoms with Crippen molar-refractivity contribution in [2.24, 2.45) is 0 Å². The number of benzene rings is 1. The minimum absolute atomic E-state index is 0.1000. The van der Waals surface area contributed by atoms with E-state index in [1.807, 2.05) is 0 Å². The van der Waals surface area contributed by atoms with Crippen molar-refractivity contribution in [2.75, 3.05) is 12.8 Å². The van der Waals surface area contributed by atoms with Gasteiger partial charge in [0.05, 0.1) is 10.8 Å². The number of sulfonamides is 1. The molecule has 10 heteroatoms. The second kappa shape index (κ2) is 9.17. The molecule has 3 N–H and O–H groups in total. The number of halogens is 1. The molecule has 2 heterocycles. The topological polar surface area (TPSA) is 120 Å². The van der Waals surface area contributed by atoms with Crippen molar-refractivity contribution in [3.05, 3.63) is 70.8 Å². The molecule has 29 heavy (non-hydrogen) atoms. The summed E-state index contributed by atoms with van der Waals surface area (Å²) in [6.45, 7) is 0. The smallest absolute Gasteiger partial charge is 0.221 e. The second-order valence-electron chi connectivity index (χ2n) is 6.27. The van der Waals surface area contributed by atoms with E-state index in [-0.39, 0.29) is 5.75 Å². The van der Waals surface area contributed by atoms with Crippen LogP contribution in [-0.4, -0.2) is 30.4 Å². The first-order chi connectivity index (χ1) is 13.8. The average Bonchev–Trinajstić information content (AvgIpc) is 2.68. The van der Waals surface area contributed by atoms with E-state index in [0.717, 1.165) is 5.56 Å². The molecule has 8 nitrogen and oxygen atoms in total. The molecule has 0 bridgehead atoms. The number of ether oxygens (including phenoxy) is 1. The Kier molecular flexibility index (Phi) is 6.63. The molecule has 0 aliphatic heterocycles. The van der Waals surface area contributed by atoms with Crippen LogP contribution in [0.3, 0.4) is 0 Å². The van der Waals surface area contributed by atoms with Gasteiger partial charge < -0.3 is 10.5 Å². The zero-order chi connectivity index (χ0) is 20.9. The van der Waals surface area contributed by atoms with Crippen molar-refractivity contribution in [1.29, 1.82) is 0 Å². The molecule has 0 aliphatic rings. The highest BCUT2D eigenvalue weighted by atomic mass is 35.5. The first-order valence-electron chi connectivity index (χ1n) is 8.74. The van der Waals surface area contributed by atoms with Crippen molar-refractivity contribution in [2.45, 2.75) is 18.6 Å². The molecule has 0 atom stereocenters. The van der Waals surface area contributed by atoms with Crippen LogP contribution >= 0.6 is 11.6 Å². The average molecular weight is 434 g/mol. The first-order valence-corrected chi connectivity index (χ1v) is 10.8. The number of aryl methyl sites for hydroxylation is 2. The van der Waals surface area contributed by atoms with Gasteiger partial charge in [0.2, 0.25) is 15.9 Å². The van der Waals surface area contributed by atoms with Gasteiger partial charge in [0.1, 0.15) is 17.4 Å². The Bertz CT molecular complexity index is 1070. The van der Waals surface area contributed by atoms with E-state index in [1.54, 1.807) is 48.8 Å². The van der Waals surface area contributed by atoms with Gasteiger partial charge in [-0.1, -0.05) is 23.7 Å². The van der Waals surface area contributed by atoms with Crippen LogP contribution in [0.15, 0.2) is 48.8 Å². The van der Waals surface area contributed by atoms with Gasteiger partial charge in [0, 0.05) is 24.9 Å². The lowest BCUT2D eigenvalue weighted by Gasteiger charge is -2.09. The number of nitrogens with two attached hydrogens (primary N) is 1. The van der Waals surface area contributed by atoms with Gasteiger partial charge in [0.15, 0.2) is 0 Å². The molecule has 152 valence electrons. The highest BCUT2D eigenvalue weighted by Crippen LogP contribution is 2.23. The van der Waals surface area contributed by atoms with E-state index < -0.39 is 10.0 Å². The number of hydrogen-bond acceptors (Lipinski definition) is 7. The molecular weight excluding hydrogens is 414 g/mol. The van der Waals surface area contributed by atoms with Crippen LogP contribution < -0.4 is 15.2 Å². The third kappa shape index (κ3) is 6.38. The zero-order valence-corrected chi connectivity index (χ0v) is 17.2. The molecule has 1 aromatic carbocycles. The van der Waals surface area contributed by atoms with Crippen LogP contribution in [0.2, 0.25) is 5.02 Å². The summed E-state index contributed by atoms with van der Waals surface area (Å²) in [5, 5.41) is 0.493. The second-order valence-corrected chi connectivity index (χ2v) is 8.63. The van der Waals surface area contributed by atoms with Gasteiger partial charge >= 0.3 is 0 Å². The predicted molar refractivity (Wildman–Crippen MR) is 111 cm³/mol. The van der Waals surface area contributed by atoms with E-state index in [9.17, 15) is 8.42 Å². The summed E-state index contributed by atoms with van der Waals surface area (Å²) in [5.74, 6) is 1.80. The third-order valence-corrected chi connectivity index (χ3v) is 5.54. The maximum atomic E-state index is 11.6. The molecule has 0 saturated heterocycles. The Balaban J connectivity index is 1.67. The van der Waals surface area contributed by atoms with Crippen molar-refractivity contribution in [3.63, 3.8) is 0 Å². The molecule has 2 aromatic heterocycles. The number of aromatic nitrogens is 3. The third-order valence-electron chi connectivity index (χ3n) is 4.01. The van der Waals surface area contributed by atoms with Gasteiger partial charge in [-0.15, -0.1) is 0 Å². The lowest BCUT2D eigenvalue weighted by atomic mass is 10.1. The number of rotatable bonds is 8. The minimum atomic E-state index is -3.32. The van der Waals surface area contributed by atoms with E-state index >= 15 is 0 Å². The summed E-state index contributed by atoms with van der Waals surface area (Å²) >= 11 is 5.80. The summed E-state index contributed by atoms with van der Waals surface area (Å²) in [5.41, 5.74) is 7.48. The van der Waals surface area contributed by atoms with Crippen LogP contribution in [0.1, 0.15) is 17.0 Å². The quantitative estimate of drug-likeness (QED) is 0.560. The van der Waals surface area contributed by atoms with Gasteiger partial charge in [-0.05, 0) is 42.8 Å². The van der Waals surface area contributed by atoms with Crippen molar-refractivity contribution >= 4 is 27.4 Å². The Labute approximate surface area is 174 Å². The van der Waals surface area contributed by atoms with Crippen LogP contribution in [-0.2, 0) is 28.6 Å². The Hall–Kier alpha value is -2.75. The molecule has 0 aliphatic carbocycles. The standard InChI is InChI=1S/C19H20ClN5O3S/c1-22-29(26,27)12-13-2-5-16(6-3-13)28-19-9-14(8-17(21)25-19)4-7-18-23-10-15(20)11-24-18/h2-3,5-6,8-11,22H,4,7,12H2,1H3,(H2,21,25). The van der Waals surface area contributed by atoms with E-state index in [1.165, 1.54) is 7.05 Å². The first kappa shape index (κ1) is 21.0.